The standard InChI is InChI=1S/C19H21F3N4O3/c1-25-16(27)9-8-15(24-25)18(29)26(14-6-7-14)10-12-2-4-13(5-3-12)17(28)23-11-19(20,21)22/h2-5,14H,6-11H2,1H3,(H,23,28). The van der Waals surface area contributed by atoms with Crippen molar-refractivity contribution in [1.29, 1.82) is 0 Å². The van der Waals surface area contributed by atoms with Crippen molar-refractivity contribution in [3.63, 3.8) is 0 Å². The monoisotopic (exact) mass is 410 g/mol. The van der Waals surface area contributed by atoms with Crippen LogP contribution in [0.25, 0.3) is 0 Å². The van der Waals surface area contributed by atoms with Crippen LogP contribution in [0.15, 0.2) is 29.4 Å². The summed E-state index contributed by atoms with van der Waals surface area (Å²) >= 11 is 0. The van der Waals surface area contributed by atoms with E-state index in [0.717, 1.165) is 18.4 Å². The predicted octanol–water partition coefficient (Wildman–Crippen LogP) is 2.08. The molecule has 0 aromatic heterocycles. The van der Waals surface area contributed by atoms with Crippen LogP contribution in [0.1, 0.15) is 41.6 Å². The quantitative estimate of drug-likeness (QED) is 0.780. The van der Waals surface area contributed by atoms with Gasteiger partial charge >= 0.3 is 6.18 Å². The van der Waals surface area contributed by atoms with Gasteiger partial charge in [-0.05, 0) is 30.5 Å². The summed E-state index contributed by atoms with van der Waals surface area (Å²) in [5.41, 5.74) is 1.19. The van der Waals surface area contributed by atoms with E-state index in [2.05, 4.69) is 5.10 Å². The number of amides is 3. The highest BCUT2D eigenvalue weighted by atomic mass is 19.4. The molecule has 1 heterocycles. The molecule has 1 aromatic rings. The average molecular weight is 410 g/mol. The van der Waals surface area contributed by atoms with Gasteiger partial charge in [-0.2, -0.15) is 18.3 Å². The Labute approximate surface area is 165 Å². The first-order valence-corrected chi connectivity index (χ1v) is 9.23. The van der Waals surface area contributed by atoms with Crippen LogP contribution >= 0.6 is 0 Å². The summed E-state index contributed by atoms with van der Waals surface area (Å²) in [6, 6.07) is 6.19. The maximum Gasteiger partial charge on any atom is 0.405 e. The summed E-state index contributed by atoms with van der Waals surface area (Å²) in [6.45, 7) is -1.10. The molecule has 1 aromatic carbocycles. The van der Waals surface area contributed by atoms with Crippen molar-refractivity contribution in [2.24, 2.45) is 5.10 Å². The van der Waals surface area contributed by atoms with Gasteiger partial charge in [0.1, 0.15) is 12.3 Å². The Hall–Kier alpha value is -2.91. The first-order chi connectivity index (χ1) is 13.6. The van der Waals surface area contributed by atoms with Crippen molar-refractivity contribution >= 4 is 23.4 Å². The number of nitrogens with zero attached hydrogens (tertiary/aromatic N) is 3. The van der Waals surface area contributed by atoms with Crippen LogP contribution < -0.4 is 5.32 Å². The number of hydrogen-bond acceptors (Lipinski definition) is 4. The number of halogens is 3. The third-order valence-corrected chi connectivity index (χ3v) is 4.72. The maximum atomic E-state index is 12.9. The number of carbonyl (C=O) groups is 3. The molecule has 1 saturated carbocycles. The molecule has 0 bridgehead atoms. The minimum atomic E-state index is -4.47. The van der Waals surface area contributed by atoms with E-state index in [4.69, 9.17) is 0 Å². The molecule has 0 saturated heterocycles. The van der Waals surface area contributed by atoms with Crippen molar-refractivity contribution in [2.45, 2.75) is 44.4 Å². The molecule has 1 aliphatic carbocycles. The highest BCUT2D eigenvalue weighted by Gasteiger charge is 2.36. The van der Waals surface area contributed by atoms with E-state index in [9.17, 15) is 27.6 Å². The molecule has 3 amide bonds. The molecule has 0 radical (unpaired) electrons. The van der Waals surface area contributed by atoms with Crippen LogP contribution in [0.5, 0.6) is 0 Å². The normalized spacial score (nSPS) is 17.0. The Morgan fingerprint density at radius 1 is 1.21 bits per heavy atom. The molecule has 0 atom stereocenters. The Bertz CT molecular complexity index is 832. The highest BCUT2D eigenvalue weighted by Crippen LogP contribution is 2.29. The van der Waals surface area contributed by atoms with E-state index >= 15 is 0 Å². The van der Waals surface area contributed by atoms with E-state index in [1.807, 2.05) is 5.32 Å². The first kappa shape index (κ1) is 20.8. The lowest BCUT2D eigenvalue weighted by atomic mass is 10.1. The van der Waals surface area contributed by atoms with Gasteiger partial charge in [0.25, 0.3) is 11.8 Å². The fourth-order valence-corrected chi connectivity index (χ4v) is 2.98. The lowest BCUT2D eigenvalue weighted by Crippen LogP contribution is -2.41. The third-order valence-electron chi connectivity index (χ3n) is 4.72. The minimum absolute atomic E-state index is 0.0999. The number of rotatable bonds is 6. The Morgan fingerprint density at radius 3 is 2.41 bits per heavy atom. The zero-order valence-electron chi connectivity index (χ0n) is 15.8. The molecule has 1 N–H and O–H groups in total. The Kier molecular flexibility index (Phi) is 5.90. The molecule has 0 spiro atoms. The van der Waals surface area contributed by atoms with Gasteiger partial charge in [0.2, 0.25) is 5.91 Å². The topological polar surface area (TPSA) is 82.1 Å². The summed E-state index contributed by atoms with van der Waals surface area (Å²) in [5.74, 6) is -1.17. The number of alkyl halides is 3. The molecule has 156 valence electrons. The van der Waals surface area contributed by atoms with Gasteiger partial charge in [0, 0.05) is 38.0 Å². The van der Waals surface area contributed by atoms with Gasteiger partial charge in [0.15, 0.2) is 0 Å². The van der Waals surface area contributed by atoms with Gasteiger partial charge in [-0.25, -0.2) is 5.01 Å². The SMILES string of the molecule is CN1N=C(C(=O)N(Cc2ccc(C(=O)NCC(F)(F)F)cc2)C2CC2)CCC1=O. The Balaban J connectivity index is 1.65. The number of carbonyl (C=O) groups excluding carboxylic acids is 3. The second-order valence-electron chi connectivity index (χ2n) is 7.12. The van der Waals surface area contributed by atoms with E-state index in [1.54, 1.807) is 17.0 Å². The van der Waals surface area contributed by atoms with Crippen molar-refractivity contribution in [3.05, 3.63) is 35.4 Å². The summed E-state index contributed by atoms with van der Waals surface area (Å²) in [7, 11) is 1.51. The van der Waals surface area contributed by atoms with Gasteiger partial charge in [0.05, 0.1) is 0 Å². The van der Waals surface area contributed by atoms with Crippen molar-refractivity contribution in [1.82, 2.24) is 15.2 Å². The largest absolute Gasteiger partial charge is 0.405 e. The summed E-state index contributed by atoms with van der Waals surface area (Å²) < 4.78 is 36.6. The molecule has 3 rings (SSSR count). The van der Waals surface area contributed by atoms with Crippen LogP contribution in [-0.2, 0) is 16.1 Å². The lowest BCUT2D eigenvalue weighted by Gasteiger charge is -2.26. The van der Waals surface area contributed by atoms with Crippen molar-refractivity contribution in [2.75, 3.05) is 13.6 Å². The molecule has 1 aliphatic heterocycles. The highest BCUT2D eigenvalue weighted by molar-refractivity contribution is 6.39. The number of hydrazone groups is 1. The third kappa shape index (κ3) is 5.55. The molecule has 1 fully saturated rings. The molecule has 7 nitrogen and oxygen atoms in total. The van der Waals surface area contributed by atoms with Gasteiger partial charge in [-0.1, -0.05) is 12.1 Å². The molecular formula is C19H21F3N4O3. The van der Waals surface area contributed by atoms with Crippen LogP contribution in [-0.4, -0.2) is 59.2 Å². The minimum Gasteiger partial charge on any atom is -0.343 e. The molecule has 0 unspecified atom stereocenters. The molecule has 29 heavy (non-hydrogen) atoms. The summed E-state index contributed by atoms with van der Waals surface area (Å²) in [4.78, 5) is 37.9. The molecule has 2 aliphatic rings. The lowest BCUT2D eigenvalue weighted by molar-refractivity contribution is -0.131. The average Bonchev–Trinajstić information content (AvgIpc) is 3.51. The maximum absolute atomic E-state index is 12.9. The fraction of sp³-hybridized carbons (Fsp3) is 0.474. The Morgan fingerprint density at radius 2 is 1.86 bits per heavy atom. The van der Waals surface area contributed by atoms with Crippen LogP contribution in [0.3, 0.4) is 0 Å². The van der Waals surface area contributed by atoms with Crippen LogP contribution in [0.4, 0.5) is 13.2 Å². The van der Waals surface area contributed by atoms with E-state index in [0.29, 0.717) is 18.7 Å². The molecule has 10 heteroatoms. The molecular weight excluding hydrogens is 389 g/mol. The fourth-order valence-electron chi connectivity index (χ4n) is 2.98. The van der Waals surface area contributed by atoms with Crippen molar-refractivity contribution in [3.8, 4) is 0 Å². The zero-order chi connectivity index (χ0) is 21.2. The van der Waals surface area contributed by atoms with Crippen LogP contribution in [0.2, 0.25) is 0 Å². The number of benzene rings is 1. The van der Waals surface area contributed by atoms with Gasteiger partial charge in [-0.3, -0.25) is 14.4 Å². The van der Waals surface area contributed by atoms with Crippen molar-refractivity contribution < 1.29 is 27.6 Å². The zero-order valence-corrected chi connectivity index (χ0v) is 15.8. The smallest absolute Gasteiger partial charge is 0.343 e. The number of hydrogen-bond donors (Lipinski definition) is 1. The second-order valence-corrected chi connectivity index (χ2v) is 7.12. The number of nitrogens with one attached hydrogen (secondary N) is 1. The van der Waals surface area contributed by atoms with Gasteiger partial charge in [-0.15, -0.1) is 0 Å². The second kappa shape index (κ2) is 8.22. The summed E-state index contributed by atoms with van der Waals surface area (Å²) in [5, 5.41) is 7.07. The van der Waals surface area contributed by atoms with Crippen LogP contribution in [0, 0.1) is 0 Å². The summed E-state index contributed by atoms with van der Waals surface area (Å²) in [6.07, 6.45) is -2.18. The van der Waals surface area contributed by atoms with E-state index in [-0.39, 0.29) is 29.8 Å². The predicted molar refractivity (Wildman–Crippen MR) is 97.8 cm³/mol. The first-order valence-electron chi connectivity index (χ1n) is 9.23. The van der Waals surface area contributed by atoms with Gasteiger partial charge < -0.3 is 10.2 Å². The van der Waals surface area contributed by atoms with E-state index < -0.39 is 18.6 Å². The van der Waals surface area contributed by atoms with E-state index in [1.165, 1.54) is 24.2 Å².